The minimum Gasteiger partial charge on any atom is -0.490 e. The summed E-state index contributed by atoms with van der Waals surface area (Å²) in [4.78, 5) is 14.6. The van der Waals surface area contributed by atoms with E-state index in [9.17, 15) is 13.6 Å². The van der Waals surface area contributed by atoms with Crippen LogP contribution in [0.1, 0.15) is 36.8 Å². The number of halogens is 2. The predicted octanol–water partition coefficient (Wildman–Crippen LogP) is 4.29. The first-order valence-corrected chi connectivity index (χ1v) is 9.39. The van der Waals surface area contributed by atoms with E-state index in [-0.39, 0.29) is 11.7 Å². The first kappa shape index (κ1) is 18.6. The molecule has 0 radical (unpaired) electrons. The van der Waals surface area contributed by atoms with Crippen molar-refractivity contribution in [1.29, 1.82) is 0 Å². The number of hydrogen-bond acceptors (Lipinski definition) is 3. The highest BCUT2D eigenvalue weighted by atomic mass is 19.1. The van der Waals surface area contributed by atoms with Crippen molar-refractivity contribution in [3.8, 4) is 5.75 Å². The van der Waals surface area contributed by atoms with E-state index in [0.717, 1.165) is 22.8 Å². The Labute approximate surface area is 161 Å². The van der Waals surface area contributed by atoms with Gasteiger partial charge in [-0.15, -0.1) is 0 Å². The molecule has 4 rings (SSSR count). The summed E-state index contributed by atoms with van der Waals surface area (Å²) < 4.78 is 33.6. The zero-order valence-electron chi connectivity index (χ0n) is 15.6. The van der Waals surface area contributed by atoms with Crippen molar-refractivity contribution in [3.63, 3.8) is 0 Å². The Hall–Kier alpha value is -2.73. The van der Waals surface area contributed by atoms with Gasteiger partial charge in [-0.25, -0.2) is 8.78 Å². The topological polar surface area (TPSA) is 68.1 Å². The normalized spacial score (nSPS) is 22.4. The van der Waals surface area contributed by atoms with Gasteiger partial charge in [-0.05, 0) is 67.8 Å². The molecule has 2 aromatic carbocycles. The molecule has 1 fully saturated rings. The summed E-state index contributed by atoms with van der Waals surface area (Å²) in [6.45, 7) is 1.91. The van der Waals surface area contributed by atoms with Crippen molar-refractivity contribution in [2.75, 3.05) is 0 Å². The van der Waals surface area contributed by atoms with Gasteiger partial charge in [0.15, 0.2) is 0 Å². The summed E-state index contributed by atoms with van der Waals surface area (Å²) in [7, 11) is 0. The van der Waals surface area contributed by atoms with E-state index in [1.54, 1.807) is 6.20 Å². The summed E-state index contributed by atoms with van der Waals surface area (Å²) in [5.41, 5.74) is 6.75. The van der Waals surface area contributed by atoms with Crippen molar-refractivity contribution in [3.05, 3.63) is 75.7 Å². The standard InChI is InChI=1S/C22H22F2N2O2/c1-13-10-17-14(6-9-26-21(17)27)11-20(13)28-16-4-7-22(25,8-5-16)18-3-2-15(23)12-19(18)24/h2-3,6,9-12,16H,4-5,7-8,25H2,1H3,(H,26,27). The van der Waals surface area contributed by atoms with Crippen LogP contribution in [0.3, 0.4) is 0 Å². The molecule has 0 spiro atoms. The highest BCUT2D eigenvalue weighted by molar-refractivity contribution is 5.83. The van der Waals surface area contributed by atoms with Crippen molar-refractivity contribution in [2.24, 2.45) is 5.73 Å². The van der Waals surface area contributed by atoms with Gasteiger partial charge in [0.1, 0.15) is 17.4 Å². The van der Waals surface area contributed by atoms with Crippen molar-refractivity contribution in [2.45, 2.75) is 44.2 Å². The molecule has 3 aromatic rings. The Morgan fingerprint density at radius 2 is 1.89 bits per heavy atom. The Morgan fingerprint density at radius 3 is 2.61 bits per heavy atom. The minimum absolute atomic E-state index is 0.0432. The van der Waals surface area contributed by atoms with Gasteiger partial charge in [0.05, 0.1) is 6.10 Å². The lowest BCUT2D eigenvalue weighted by atomic mass is 9.76. The van der Waals surface area contributed by atoms with Gasteiger partial charge in [0.25, 0.3) is 5.56 Å². The van der Waals surface area contributed by atoms with Crippen LogP contribution in [-0.2, 0) is 5.54 Å². The zero-order valence-corrected chi connectivity index (χ0v) is 15.6. The van der Waals surface area contributed by atoms with Crippen molar-refractivity contribution in [1.82, 2.24) is 4.98 Å². The molecule has 1 aliphatic carbocycles. The maximum absolute atomic E-state index is 14.2. The fourth-order valence-electron chi connectivity index (χ4n) is 4.02. The molecule has 6 heteroatoms. The monoisotopic (exact) mass is 384 g/mol. The molecule has 1 aliphatic rings. The first-order valence-electron chi connectivity index (χ1n) is 9.39. The lowest BCUT2D eigenvalue weighted by Crippen LogP contribution is -2.43. The number of fused-ring (bicyclic) bond motifs is 1. The van der Waals surface area contributed by atoms with Gasteiger partial charge in [0, 0.05) is 28.8 Å². The number of aromatic amines is 1. The number of ether oxygens (including phenoxy) is 1. The zero-order chi connectivity index (χ0) is 19.9. The third kappa shape index (κ3) is 3.40. The van der Waals surface area contributed by atoms with Crippen LogP contribution in [0, 0.1) is 18.6 Å². The van der Waals surface area contributed by atoms with E-state index in [1.807, 2.05) is 25.1 Å². The fourth-order valence-corrected chi connectivity index (χ4v) is 4.02. The Kier molecular flexibility index (Phi) is 4.67. The molecule has 4 nitrogen and oxygen atoms in total. The highest BCUT2D eigenvalue weighted by Gasteiger charge is 2.36. The number of nitrogens with one attached hydrogen (secondary N) is 1. The fraction of sp³-hybridized carbons (Fsp3) is 0.318. The maximum Gasteiger partial charge on any atom is 0.255 e. The molecule has 1 saturated carbocycles. The van der Waals surface area contributed by atoms with Gasteiger partial charge in [-0.1, -0.05) is 6.07 Å². The predicted molar refractivity (Wildman–Crippen MR) is 104 cm³/mol. The van der Waals surface area contributed by atoms with Crippen LogP contribution < -0.4 is 16.0 Å². The van der Waals surface area contributed by atoms with Gasteiger partial charge in [-0.3, -0.25) is 4.79 Å². The molecular formula is C22H22F2N2O2. The molecule has 0 saturated heterocycles. The van der Waals surface area contributed by atoms with Crippen LogP contribution in [0.15, 0.2) is 47.4 Å². The summed E-state index contributed by atoms with van der Waals surface area (Å²) in [5, 5.41) is 1.45. The maximum atomic E-state index is 14.2. The Morgan fingerprint density at radius 1 is 1.14 bits per heavy atom. The SMILES string of the molecule is Cc1cc2c(=O)[nH]ccc2cc1OC1CCC(N)(c2ccc(F)cc2F)CC1. The number of benzene rings is 2. The number of rotatable bonds is 3. The van der Waals surface area contributed by atoms with E-state index >= 15 is 0 Å². The molecule has 0 atom stereocenters. The van der Waals surface area contributed by atoms with Crippen LogP contribution in [0.4, 0.5) is 8.78 Å². The lowest BCUT2D eigenvalue weighted by Gasteiger charge is -2.38. The molecule has 1 heterocycles. The van der Waals surface area contributed by atoms with E-state index < -0.39 is 17.2 Å². The van der Waals surface area contributed by atoms with Gasteiger partial charge < -0.3 is 15.5 Å². The second kappa shape index (κ2) is 7.02. The average Bonchev–Trinajstić information content (AvgIpc) is 2.65. The number of pyridine rings is 1. The largest absolute Gasteiger partial charge is 0.490 e. The number of aromatic nitrogens is 1. The van der Waals surface area contributed by atoms with E-state index in [4.69, 9.17) is 10.5 Å². The molecule has 0 aliphatic heterocycles. The van der Waals surface area contributed by atoms with E-state index in [1.165, 1.54) is 12.1 Å². The molecule has 0 amide bonds. The molecular weight excluding hydrogens is 362 g/mol. The van der Waals surface area contributed by atoms with Gasteiger partial charge >= 0.3 is 0 Å². The lowest BCUT2D eigenvalue weighted by molar-refractivity contribution is 0.116. The smallest absolute Gasteiger partial charge is 0.255 e. The summed E-state index contributed by atoms with van der Waals surface area (Å²) in [6, 6.07) is 9.11. The molecule has 1 aromatic heterocycles. The quantitative estimate of drug-likeness (QED) is 0.708. The van der Waals surface area contributed by atoms with E-state index in [2.05, 4.69) is 4.98 Å². The molecule has 28 heavy (non-hydrogen) atoms. The Balaban J connectivity index is 1.51. The summed E-state index contributed by atoms with van der Waals surface area (Å²) in [6.07, 6.45) is 4.00. The van der Waals surface area contributed by atoms with Crippen molar-refractivity contribution >= 4 is 10.8 Å². The molecule has 0 bridgehead atoms. The second-order valence-corrected chi connectivity index (χ2v) is 7.61. The number of nitrogens with two attached hydrogens (primary N) is 1. The molecule has 146 valence electrons. The number of H-pyrrole nitrogens is 1. The van der Waals surface area contributed by atoms with Gasteiger partial charge in [0.2, 0.25) is 0 Å². The summed E-state index contributed by atoms with van der Waals surface area (Å²) in [5.74, 6) is -0.467. The highest BCUT2D eigenvalue weighted by Crippen LogP contribution is 2.38. The summed E-state index contributed by atoms with van der Waals surface area (Å²) >= 11 is 0. The molecule has 0 unspecified atom stereocenters. The number of hydrogen-bond donors (Lipinski definition) is 2. The van der Waals surface area contributed by atoms with Crippen LogP contribution >= 0.6 is 0 Å². The van der Waals surface area contributed by atoms with E-state index in [0.29, 0.717) is 36.6 Å². The molecule has 3 N–H and O–H groups in total. The van der Waals surface area contributed by atoms with Crippen LogP contribution in [0.5, 0.6) is 5.75 Å². The number of aryl methyl sites for hydroxylation is 1. The van der Waals surface area contributed by atoms with Crippen molar-refractivity contribution < 1.29 is 13.5 Å². The average molecular weight is 384 g/mol. The minimum atomic E-state index is -0.816. The first-order chi connectivity index (χ1) is 13.4. The van der Waals surface area contributed by atoms with Crippen LogP contribution in [0.25, 0.3) is 10.8 Å². The van der Waals surface area contributed by atoms with Crippen LogP contribution in [0.2, 0.25) is 0 Å². The third-order valence-corrected chi connectivity index (χ3v) is 5.66. The van der Waals surface area contributed by atoms with Crippen LogP contribution in [-0.4, -0.2) is 11.1 Å². The third-order valence-electron chi connectivity index (χ3n) is 5.66. The Bertz CT molecular complexity index is 1090. The van der Waals surface area contributed by atoms with Gasteiger partial charge in [-0.2, -0.15) is 0 Å². The second-order valence-electron chi connectivity index (χ2n) is 7.61.